The van der Waals surface area contributed by atoms with E-state index in [0.717, 1.165) is 11.1 Å². The van der Waals surface area contributed by atoms with Crippen LogP contribution in [0.2, 0.25) is 0 Å². The van der Waals surface area contributed by atoms with E-state index >= 15 is 0 Å². The highest BCUT2D eigenvalue weighted by molar-refractivity contribution is 6.01. The van der Waals surface area contributed by atoms with Gasteiger partial charge in [0.05, 0.1) is 18.6 Å². The van der Waals surface area contributed by atoms with Crippen molar-refractivity contribution in [1.29, 1.82) is 0 Å². The van der Waals surface area contributed by atoms with E-state index in [1.54, 1.807) is 6.92 Å². The van der Waals surface area contributed by atoms with E-state index in [9.17, 15) is 34.5 Å². The van der Waals surface area contributed by atoms with E-state index in [0.29, 0.717) is 24.8 Å². The molecule has 0 fully saturated rings. The summed E-state index contributed by atoms with van der Waals surface area (Å²) in [4.78, 5) is 46.0. The van der Waals surface area contributed by atoms with Crippen LogP contribution in [0.3, 0.4) is 0 Å². The summed E-state index contributed by atoms with van der Waals surface area (Å²) in [7, 11) is 0. The van der Waals surface area contributed by atoms with E-state index in [2.05, 4.69) is 0 Å². The summed E-state index contributed by atoms with van der Waals surface area (Å²) in [5.41, 5.74) is 1.64. The number of hydrogen-bond donors (Lipinski definition) is 4. The highest BCUT2D eigenvalue weighted by Crippen LogP contribution is 2.41. The number of Topliss-reactive ketones (excluding diaryl/α,β-unsaturated/α-hetero) is 3. The van der Waals surface area contributed by atoms with Gasteiger partial charge in [-0.25, -0.2) is 0 Å². The molecule has 0 saturated heterocycles. The van der Waals surface area contributed by atoms with Gasteiger partial charge in [0.2, 0.25) is 0 Å². The second-order valence-electron chi connectivity index (χ2n) is 10.3. The minimum atomic E-state index is -0.745. The number of aliphatic hydroxyl groups is 2. The maximum absolute atomic E-state index is 12.9. The number of benzene rings is 1. The molecule has 3 atom stereocenters. The minimum absolute atomic E-state index is 0. The summed E-state index contributed by atoms with van der Waals surface area (Å²) in [5.74, 6) is -2.48. The molecule has 0 heterocycles. The van der Waals surface area contributed by atoms with Gasteiger partial charge in [0.25, 0.3) is 0 Å². The quantitative estimate of drug-likeness (QED) is 0.343. The van der Waals surface area contributed by atoms with Crippen LogP contribution in [0.5, 0.6) is 5.75 Å². The van der Waals surface area contributed by atoms with Gasteiger partial charge in [-0.1, -0.05) is 39.8 Å². The van der Waals surface area contributed by atoms with Crippen molar-refractivity contribution < 1.29 is 47.9 Å². The SMILES string of the molecule is CC(=O)CC(=O)C(CO)C(CCO)CC1CC(=O)c2c(ccc(C(C)(C)C)c2O)C1.CCC(=O)O.O.[HH].[HH]. The fraction of sp³-hybridized carbons (Fsp3) is 0.630. The number of carbonyl (C=O) groups is 4. The van der Waals surface area contributed by atoms with Crippen LogP contribution in [0.4, 0.5) is 0 Å². The molecule has 2 rings (SSSR count). The number of ketones is 3. The molecular weight excluding hydrogens is 468 g/mol. The van der Waals surface area contributed by atoms with Gasteiger partial charge < -0.3 is 25.9 Å². The standard InChI is InChI=1S/C24H34O6.C3H6O2.H2O.2H2/c1-14(27)9-20(28)18(13-26)16(7-8-25)10-15-11-17-5-6-19(24(2,3)4)23(30)22(17)21(29)12-15;1-2-3(4)5;;;/h5-6,15-16,18,25-26,30H,7-13H2,1-4H3;2H2,1H3,(H,4,5);1H2;2*1H. The number of aliphatic hydroxyl groups excluding tert-OH is 2. The Bertz CT molecular complexity index is 926. The zero-order chi connectivity index (χ0) is 26.9. The lowest BCUT2D eigenvalue weighted by Gasteiger charge is -2.32. The normalized spacial score (nSPS) is 16.5. The Balaban J connectivity index is -0.00000140. The van der Waals surface area contributed by atoms with Gasteiger partial charge in [0.15, 0.2) is 5.78 Å². The molecule has 1 aromatic rings. The third-order valence-corrected chi connectivity index (χ3v) is 6.37. The molecule has 0 spiro atoms. The first-order valence-corrected chi connectivity index (χ1v) is 12.1. The maximum Gasteiger partial charge on any atom is 0.303 e. The molecule has 208 valence electrons. The molecule has 1 aromatic carbocycles. The van der Waals surface area contributed by atoms with Crippen molar-refractivity contribution in [3.05, 3.63) is 28.8 Å². The van der Waals surface area contributed by atoms with E-state index in [1.165, 1.54) is 6.92 Å². The highest BCUT2D eigenvalue weighted by atomic mass is 16.4. The van der Waals surface area contributed by atoms with Crippen LogP contribution in [-0.4, -0.2) is 62.4 Å². The Kier molecular flexibility index (Phi) is 13.7. The number of aliphatic carboxylic acids is 1. The lowest BCUT2D eigenvalue weighted by molar-refractivity contribution is -0.136. The number of carboxylic acid groups (broad SMARTS) is 1. The van der Waals surface area contributed by atoms with Gasteiger partial charge in [-0.15, -0.1) is 0 Å². The van der Waals surface area contributed by atoms with Crippen LogP contribution in [0.25, 0.3) is 0 Å². The van der Waals surface area contributed by atoms with Crippen molar-refractivity contribution >= 4 is 23.3 Å². The Morgan fingerprint density at radius 2 is 1.72 bits per heavy atom. The maximum atomic E-state index is 12.9. The molecule has 9 nitrogen and oxygen atoms in total. The summed E-state index contributed by atoms with van der Waals surface area (Å²) in [6.45, 7) is 8.36. The highest BCUT2D eigenvalue weighted by Gasteiger charge is 2.35. The summed E-state index contributed by atoms with van der Waals surface area (Å²) in [5, 5.41) is 37.7. The van der Waals surface area contributed by atoms with E-state index in [-0.39, 0.29) is 81.2 Å². The molecule has 3 unspecified atom stereocenters. The van der Waals surface area contributed by atoms with Crippen LogP contribution >= 0.6 is 0 Å². The Morgan fingerprint density at radius 3 is 2.17 bits per heavy atom. The zero-order valence-corrected chi connectivity index (χ0v) is 22.0. The molecule has 0 radical (unpaired) electrons. The van der Waals surface area contributed by atoms with Crippen molar-refractivity contribution in [1.82, 2.24) is 0 Å². The number of carbonyl (C=O) groups excluding carboxylic acids is 3. The monoisotopic (exact) mass is 514 g/mol. The molecule has 1 aliphatic rings. The van der Waals surface area contributed by atoms with Crippen LogP contribution in [-0.2, 0) is 26.2 Å². The predicted molar refractivity (Wildman–Crippen MR) is 139 cm³/mol. The first-order chi connectivity index (χ1) is 16.3. The second-order valence-corrected chi connectivity index (χ2v) is 10.3. The van der Waals surface area contributed by atoms with Gasteiger partial charge in [-0.05, 0) is 54.6 Å². The predicted octanol–water partition coefficient (Wildman–Crippen LogP) is 3.13. The zero-order valence-electron chi connectivity index (χ0n) is 22.0. The molecule has 0 aliphatic heterocycles. The average molecular weight is 515 g/mol. The summed E-state index contributed by atoms with van der Waals surface area (Å²) in [6, 6.07) is 3.76. The van der Waals surface area contributed by atoms with Crippen LogP contribution in [0, 0.1) is 17.8 Å². The van der Waals surface area contributed by atoms with E-state index in [1.807, 2.05) is 32.9 Å². The molecule has 36 heavy (non-hydrogen) atoms. The number of aromatic hydroxyl groups is 1. The summed E-state index contributed by atoms with van der Waals surface area (Å²) >= 11 is 0. The van der Waals surface area contributed by atoms with Crippen molar-refractivity contribution in [2.45, 2.75) is 78.6 Å². The van der Waals surface area contributed by atoms with E-state index < -0.39 is 11.9 Å². The number of rotatable bonds is 10. The summed E-state index contributed by atoms with van der Waals surface area (Å²) < 4.78 is 0. The first-order valence-electron chi connectivity index (χ1n) is 12.1. The molecule has 6 N–H and O–H groups in total. The third kappa shape index (κ3) is 9.44. The number of hydrogen-bond acceptors (Lipinski definition) is 7. The number of carboxylic acids is 1. The topological polar surface area (TPSA) is 181 Å². The molecule has 0 amide bonds. The lowest BCUT2D eigenvalue weighted by atomic mass is 9.72. The van der Waals surface area contributed by atoms with Crippen molar-refractivity contribution in [3.8, 4) is 5.75 Å². The fourth-order valence-electron chi connectivity index (χ4n) is 4.60. The number of fused-ring (bicyclic) bond motifs is 1. The molecule has 0 bridgehead atoms. The van der Waals surface area contributed by atoms with Crippen molar-refractivity contribution in [3.63, 3.8) is 0 Å². The van der Waals surface area contributed by atoms with Crippen molar-refractivity contribution in [2.75, 3.05) is 13.2 Å². The van der Waals surface area contributed by atoms with Crippen LogP contribution < -0.4 is 0 Å². The largest absolute Gasteiger partial charge is 0.507 e. The van der Waals surface area contributed by atoms with Gasteiger partial charge in [-0.3, -0.25) is 19.2 Å². The van der Waals surface area contributed by atoms with Crippen molar-refractivity contribution in [2.24, 2.45) is 17.8 Å². The molecule has 0 aromatic heterocycles. The summed E-state index contributed by atoms with van der Waals surface area (Å²) in [6.07, 6.45) is 1.63. The number of phenols is 1. The van der Waals surface area contributed by atoms with Crippen LogP contribution in [0.15, 0.2) is 12.1 Å². The molecular formula is C27H46O9. The van der Waals surface area contributed by atoms with Gasteiger partial charge in [0, 0.05) is 28.2 Å². The molecule has 1 aliphatic carbocycles. The van der Waals surface area contributed by atoms with Crippen LogP contribution in [0.1, 0.15) is 91.1 Å². The smallest absolute Gasteiger partial charge is 0.303 e. The van der Waals surface area contributed by atoms with E-state index in [4.69, 9.17) is 5.11 Å². The van der Waals surface area contributed by atoms with Gasteiger partial charge >= 0.3 is 5.97 Å². The Morgan fingerprint density at radius 1 is 1.14 bits per heavy atom. The van der Waals surface area contributed by atoms with Gasteiger partial charge in [-0.2, -0.15) is 0 Å². The average Bonchev–Trinajstić information content (AvgIpc) is 2.73. The Hall–Kier alpha value is -2.62. The molecule has 0 saturated carbocycles. The molecule has 9 heteroatoms. The van der Waals surface area contributed by atoms with Gasteiger partial charge in [0.1, 0.15) is 17.3 Å². The Labute approximate surface area is 215 Å². The lowest BCUT2D eigenvalue weighted by Crippen LogP contribution is -2.32. The fourth-order valence-corrected chi connectivity index (χ4v) is 4.60. The minimum Gasteiger partial charge on any atom is -0.507 e. The third-order valence-electron chi connectivity index (χ3n) is 6.37. The number of phenolic OH excluding ortho intramolecular Hbond substituents is 1. The first kappa shape index (κ1) is 33.4. The second kappa shape index (κ2) is 14.8.